The van der Waals surface area contributed by atoms with Crippen molar-refractivity contribution in [1.29, 1.82) is 5.26 Å². The molecule has 0 aliphatic heterocycles. The highest BCUT2D eigenvalue weighted by molar-refractivity contribution is 5.34. The normalized spacial score (nSPS) is 13.3. The van der Waals surface area contributed by atoms with Crippen molar-refractivity contribution < 1.29 is 9.84 Å². The number of aromatic nitrogens is 2. The SMILES string of the molecule is CC(Cn1cccn1)NCC(O)COc1ccc(C#N)cc1. The zero-order valence-corrected chi connectivity index (χ0v) is 12.5. The molecular formula is C16H20N4O2. The van der Waals surface area contributed by atoms with Gasteiger partial charge in [-0.1, -0.05) is 0 Å². The van der Waals surface area contributed by atoms with E-state index in [1.54, 1.807) is 30.5 Å². The number of rotatable bonds is 8. The second-order valence-corrected chi connectivity index (χ2v) is 5.14. The van der Waals surface area contributed by atoms with Crippen molar-refractivity contribution in [3.8, 4) is 11.8 Å². The number of hydrogen-bond donors (Lipinski definition) is 2. The van der Waals surface area contributed by atoms with Crippen LogP contribution in [0.5, 0.6) is 5.75 Å². The molecule has 0 aliphatic carbocycles. The summed E-state index contributed by atoms with van der Waals surface area (Å²) >= 11 is 0. The minimum absolute atomic E-state index is 0.199. The Kier molecular flexibility index (Phi) is 5.95. The fraction of sp³-hybridized carbons (Fsp3) is 0.375. The van der Waals surface area contributed by atoms with Crippen LogP contribution in [0.3, 0.4) is 0 Å². The van der Waals surface area contributed by atoms with Crippen LogP contribution in [-0.4, -0.2) is 40.2 Å². The number of hydrogen-bond acceptors (Lipinski definition) is 5. The standard InChI is InChI=1S/C16H20N4O2/c1-13(11-20-8-2-7-19-20)18-10-15(21)12-22-16-5-3-14(9-17)4-6-16/h2-8,13,15,18,21H,10-12H2,1H3. The first-order chi connectivity index (χ1) is 10.7. The van der Waals surface area contributed by atoms with Crippen LogP contribution in [0.15, 0.2) is 42.7 Å². The number of nitrogens with one attached hydrogen (secondary N) is 1. The molecule has 1 aromatic heterocycles. The Morgan fingerprint density at radius 3 is 2.82 bits per heavy atom. The van der Waals surface area contributed by atoms with Crippen LogP contribution >= 0.6 is 0 Å². The topological polar surface area (TPSA) is 83.1 Å². The molecule has 116 valence electrons. The molecular weight excluding hydrogens is 280 g/mol. The average molecular weight is 300 g/mol. The lowest BCUT2D eigenvalue weighted by molar-refractivity contribution is 0.103. The summed E-state index contributed by atoms with van der Waals surface area (Å²) in [7, 11) is 0. The lowest BCUT2D eigenvalue weighted by Gasteiger charge is -2.17. The molecule has 1 aromatic carbocycles. The van der Waals surface area contributed by atoms with Crippen molar-refractivity contribution in [3.05, 3.63) is 48.3 Å². The van der Waals surface area contributed by atoms with Crippen molar-refractivity contribution in [3.63, 3.8) is 0 Å². The maximum Gasteiger partial charge on any atom is 0.119 e. The van der Waals surface area contributed by atoms with Gasteiger partial charge in [-0.15, -0.1) is 0 Å². The summed E-state index contributed by atoms with van der Waals surface area (Å²) in [6.45, 7) is 3.43. The van der Waals surface area contributed by atoms with Crippen molar-refractivity contribution in [1.82, 2.24) is 15.1 Å². The Hall–Kier alpha value is -2.36. The molecule has 2 unspecified atom stereocenters. The van der Waals surface area contributed by atoms with Gasteiger partial charge in [0.2, 0.25) is 0 Å². The molecule has 0 amide bonds. The summed E-state index contributed by atoms with van der Waals surface area (Å²) in [5.41, 5.74) is 0.585. The summed E-state index contributed by atoms with van der Waals surface area (Å²) in [5.74, 6) is 0.641. The third kappa shape index (κ3) is 5.20. The summed E-state index contributed by atoms with van der Waals surface area (Å²) in [5, 5.41) is 26.0. The van der Waals surface area contributed by atoms with Gasteiger partial charge in [0.25, 0.3) is 0 Å². The van der Waals surface area contributed by atoms with E-state index in [1.165, 1.54) is 0 Å². The maximum absolute atomic E-state index is 9.92. The fourth-order valence-electron chi connectivity index (χ4n) is 1.97. The van der Waals surface area contributed by atoms with Gasteiger partial charge in [0.15, 0.2) is 0 Å². The third-order valence-electron chi connectivity index (χ3n) is 3.15. The van der Waals surface area contributed by atoms with E-state index in [4.69, 9.17) is 10.00 Å². The number of nitriles is 1. The maximum atomic E-state index is 9.92. The van der Waals surface area contributed by atoms with Crippen LogP contribution in [0.2, 0.25) is 0 Å². The number of benzene rings is 1. The Morgan fingerprint density at radius 1 is 1.41 bits per heavy atom. The predicted molar refractivity (Wildman–Crippen MR) is 82.4 cm³/mol. The van der Waals surface area contributed by atoms with E-state index >= 15 is 0 Å². The van der Waals surface area contributed by atoms with Gasteiger partial charge < -0.3 is 15.2 Å². The number of aliphatic hydroxyl groups is 1. The van der Waals surface area contributed by atoms with Crippen molar-refractivity contribution in [2.45, 2.75) is 25.6 Å². The fourth-order valence-corrected chi connectivity index (χ4v) is 1.97. The van der Waals surface area contributed by atoms with E-state index in [9.17, 15) is 5.11 Å². The molecule has 0 bridgehead atoms. The van der Waals surface area contributed by atoms with E-state index < -0.39 is 6.10 Å². The minimum Gasteiger partial charge on any atom is -0.491 e. The van der Waals surface area contributed by atoms with Gasteiger partial charge in [-0.25, -0.2) is 0 Å². The van der Waals surface area contributed by atoms with E-state index in [0.29, 0.717) is 17.9 Å². The molecule has 2 rings (SSSR count). The number of aliphatic hydroxyl groups excluding tert-OH is 1. The Balaban J connectivity index is 1.66. The molecule has 0 saturated heterocycles. The highest BCUT2D eigenvalue weighted by atomic mass is 16.5. The van der Waals surface area contributed by atoms with Gasteiger partial charge in [0, 0.05) is 25.0 Å². The van der Waals surface area contributed by atoms with Crippen LogP contribution in [0.25, 0.3) is 0 Å². The van der Waals surface area contributed by atoms with Gasteiger partial charge in [-0.3, -0.25) is 4.68 Å². The van der Waals surface area contributed by atoms with Crippen LogP contribution < -0.4 is 10.1 Å². The average Bonchev–Trinajstić information content (AvgIpc) is 3.04. The largest absolute Gasteiger partial charge is 0.491 e. The monoisotopic (exact) mass is 300 g/mol. The molecule has 2 N–H and O–H groups in total. The quantitative estimate of drug-likeness (QED) is 0.764. The molecule has 0 aliphatic rings. The van der Waals surface area contributed by atoms with Gasteiger partial charge in [0.1, 0.15) is 18.5 Å². The van der Waals surface area contributed by atoms with Gasteiger partial charge in [0.05, 0.1) is 18.2 Å². The third-order valence-corrected chi connectivity index (χ3v) is 3.15. The smallest absolute Gasteiger partial charge is 0.119 e. The second kappa shape index (κ2) is 8.17. The summed E-state index contributed by atoms with van der Waals surface area (Å²) in [6.07, 6.45) is 3.05. The first-order valence-electron chi connectivity index (χ1n) is 7.19. The van der Waals surface area contributed by atoms with Crippen LogP contribution in [0.1, 0.15) is 12.5 Å². The van der Waals surface area contributed by atoms with E-state index in [0.717, 1.165) is 6.54 Å². The molecule has 0 fully saturated rings. The lowest BCUT2D eigenvalue weighted by atomic mass is 10.2. The summed E-state index contributed by atoms with van der Waals surface area (Å²) < 4.78 is 7.33. The molecule has 0 saturated carbocycles. The van der Waals surface area contributed by atoms with E-state index in [-0.39, 0.29) is 12.6 Å². The molecule has 2 aromatic rings. The zero-order chi connectivity index (χ0) is 15.8. The first kappa shape index (κ1) is 16.0. The highest BCUT2D eigenvalue weighted by Gasteiger charge is 2.08. The molecule has 22 heavy (non-hydrogen) atoms. The Morgan fingerprint density at radius 2 is 2.18 bits per heavy atom. The minimum atomic E-state index is -0.601. The van der Waals surface area contributed by atoms with E-state index in [2.05, 4.69) is 10.4 Å². The molecule has 1 heterocycles. The molecule has 6 nitrogen and oxygen atoms in total. The Bertz CT molecular complexity index is 590. The lowest BCUT2D eigenvalue weighted by Crippen LogP contribution is -2.38. The van der Waals surface area contributed by atoms with Gasteiger partial charge in [-0.05, 0) is 37.3 Å². The van der Waals surface area contributed by atoms with Crippen molar-refractivity contribution in [2.75, 3.05) is 13.2 Å². The predicted octanol–water partition coefficient (Wildman–Crippen LogP) is 1.17. The second-order valence-electron chi connectivity index (χ2n) is 5.14. The van der Waals surface area contributed by atoms with E-state index in [1.807, 2.05) is 29.9 Å². The summed E-state index contributed by atoms with van der Waals surface area (Å²) in [6, 6.07) is 10.9. The zero-order valence-electron chi connectivity index (χ0n) is 12.5. The summed E-state index contributed by atoms with van der Waals surface area (Å²) in [4.78, 5) is 0. The van der Waals surface area contributed by atoms with Gasteiger partial charge >= 0.3 is 0 Å². The number of nitrogens with zero attached hydrogens (tertiary/aromatic N) is 3. The Labute approximate surface area is 130 Å². The van der Waals surface area contributed by atoms with Gasteiger partial charge in [-0.2, -0.15) is 10.4 Å². The number of ether oxygens (including phenoxy) is 1. The van der Waals surface area contributed by atoms with Crippen molar-refractivity contribution >= 4 is 0 Å². The van der Waals surface area contributed by atoms with Crippen molar-refractivity contribution in [2.24, 2.45) is 0 Å². The molecule has 2 atom stereocenters. The van der Waals surface area contributed by atoms with Crippen LogP contribution in [0.4, 0.5) is 0 Å². The first-order valence-corrected chi connectivity index (χ1v) is 7.19. The molecule has 0 spiro atoms. The highest BCUT2D eigenvalue weighted by Crippen LogP contribution is 2.11. The van der Waals surface area contributed by atoms with Crippen LogP contribution in [0, 0.1) is 11.3 Å². The molecule has 0 radical (unpaired) electrons. The molecule has 6 heteroatoms. The van der Waals surface area contributed by atoms with Crippen LogP contribution in [-0.2, 0) is 6.54 Å².